The number of carbonyl (C=O) groups excluding carboxylic acids is 8. The normalized spacial score (nSPS) is 16.4. The molecule has 0 spiro atoms. The first-order chi connectivity index (χ1) is 34.9. The molecule has 1 aliphatic heterocycles. The maximum Gasteiger partial charge on any atom is 0.391 e. The molecule has 24 N–H and O–H groups in total. The summed E-state index contributed by atoms with van der Waals surface area (Å²) in [5.41, 5.74) is 43.3. The van der Waals surface area contributed by atoms with Crippen molar-refractivity contribution in [2.75, 3.05) is 52.4 Å². The third kappa shape index (κ3) is 25.0. The van der Waals surface area contributed by atoms with Crippen LogP contribution in [0.2, 0.25) is 0 Å². The average molecular weight is 1060 g/mol. The van der Waals surface area contributed by atoms with Crippen molar-refractivity contribution >= 4 is 64.9 Å². The van der Waals surface area contributed by atoms with Gasteiger partial charge in [0, 0.05) is 19.6 Å². The van der Waals surface area contributed by atoms with Gasteiger partial charge in [0.2, 0.25) is 35.4 Å². The second-order valence-electron chi connectivity index (χ2n) is 17.1. The maximum absolute atomic E-state index is 14.0. The van der Waals surface area contributed by atoms with E-state index < -0.39 is 133 Å². The standard InChI is InChI=1S/C43H76F3N17O11/c44-43(45,46)21-29(37(69)58-26(10-2-4-16-48)36(68)60-28(41(73)74)13-7-19-55-42(53)54)61-38(70)30-14-8-20-63(30)40(72)27(12-6-18-50)57-32(65)23-56-35(67)25(11-5-17-49)59-39(71)33(31(64)22-51)62-34(66)24(52)9-1-3-15-47/h13,24-26,29-31,33,64H,1-12,14-23,47-52H2,(H,56,67)(H,58,69)(H,59,71)(H,60,68)(H,61,70)(H,62,66)(H,73,74)(H4,53,54,55)/b28-13-,57-27?/t24-,25-,26-,29-,30-,31-,33-/m0/s1. The molecule has 7 atom stereocenters. The van der Waals surface area contributed by atoms with Crippen molar-refractivity contribution in [1.82, 2.24) is 36.8 Å². The molecule has 0 aromatic heterocycles. The van der Waals surface area contributed by atoms with E-state index in [0.29, 0.717) is 25.8 Å². The molecule has 0 unspecified atom stereocenters. The number of carboxylic acid groups (broad SMARTS) is 1. The number of guanidine groups is 1. The molecule has 1 saturated heterocycles. The Hall–Kier alpha value is -6.38. The highest BCUT2D eigenvalue weighted by Gasteiger charge is 2.42. The minimum atomic E-state index is -5.06. The quantitative estimate of drug-likeness (QED) is 0.0122. The van der Waals surface area contributed by atoms with Gasteiger partial charge in [-0.15, -0.1) is 0 Å². The zero-order chi connectivity index (χ0) is 56.0. The number of nitrogens with two attached hydrogens (primary N) is 8. The van der Waals surface area contributed by atoms with Crippen LogP contribution in [0.15, 0.2) is 21.8 Å². The van der Waals surface area contributed by atoms with Crippen molar-refractivity contribution in [2.24, 2.45) is 55.9 Å². The van der Waals surface area contributed by atoms with E-state index in [1.165, 1.54) is 0 Å². The summed E-state index contributed by atoms with van der Waals surface area (Å²) in [6.07, 6.45) is -6.00. The molecule has 0 bridgehead atoms. The molecule has 8 amide bonds. The van der Waals surface area contributed by atoms with Gasteiger partial charge in [-0.1, -0.05) is 12.5 Å². The van der Waals surface area contributed by atoms with Crippen molar-refractivity contribution in [1.29, 1.82) is 0 Å². The molecular formula is C43H76F3N17O11. The van der Waals surface area contributed by atoms with Crippen LogP contribution in [0.3, 0.4) is 0 Å². The largest absolute Gasteiger partial charge is 0.477 e. The number of carbonyl (C=O) groups is 9. The first kappa shape index (κ1) is 65.6. The van der Waals surface area contributed by atoms with Crippen molar-refractivity contribution < 1.29 is 66.5 Å². The fraction of sp³-hybridized carbons (Fsp3) is 0.698. The molecule has 0 saturated carbocycles. The summed E-state index contributed by atoms with van der Waals surface area (Å²) in [6.45, 7) is -0.943. The molecule has 0 aromatic carbocycles. The van der Waals surface area contributed by atoms with Crippen LogP contribution in [0, 0.1) is 0 Å². The van der Waals surface area contributed by atoms with Gasteiger partial charge in [0.15, 0.2) is 5.96 Å². The van der Waals surface area contributed by atoms with Gasteiger partial charge in [-0.05, 0) is 103 Å². The Bertz CT molecular complexity index is 1970. The van der Waals surface area contributed by atoms with Crippen LogP contribution >= 0.6 is 0 Å². The molecule has 1 fully saturated rings. The number of hydrogen-bond acceptors (Lipinski definition) is 17. The van der Waals surface area contributed by atoms with Gasteiger partial charge in [-0.25, -0.2) is 9.79 Å². The van der Waals surface area contributed by atoms with E-state index in [-0.39, 0.29) is 103 Å². The second kappa shape index (κ2) is 34.9. The zero-order valence-corrected chi connectivity index (χ0v) is 41.3. The topological polar surface area (TPSA) is 502 Å². The van der Waals surface area contributed by atoms with Crippen LogP contribution in [0.5, 0.6) is 0 Å². The Labute approximate surface area is 425 Å². The van der Waals surface area contributed by atoms with Crippen LogP contribution < -0.4 is 77.8 Å². The summed E-state index contributed by atoms with van der Waals surface area (Å²) in [5.74, 6) is -10.4. The molecule has 74 heavy (non-hydrogen) atoms. The Morgan fingerprint density at radius 3 is 1.91 bits per heavy atom. The molecule has 0 aliphatic carbocycles. The first-order valence-electron chi connectivity index (χ1n) is 24.2. The van der Waals surface area contributed by atoms with Gasteiger partial charge in [0.1, 0.15) is 41.6 Å². The number of unbranched alkanes of at least 4 members (excludes halogenated alkanes) is 2. The summed E-state index contributed by atoms with van der Waals surface area (Å²) in [6, 6.07) is -9.55. The smallest absolute Gasteiger partial charge is 0.391 e. The summed E-state index contributed by atoms with van der Waals surface area (Å²) < 4.78 is 41.9. The number of amides is 8. The molecule has 420 valence electrons. The van der Waals surface area contributed by atoms with Crippen molar-refractivity contribution in [3.63, 3.8) is 0 Å². The Morgan fingerprint density at radius 1 is 0.730 bits per heavy atom. The van der Waals surface area contributed by atoms with E-state index in [0.717, 1.165) is 11.0 Å². The second-order valence-corrected chi connectivity index (χ2v) is 17.1. The number of alkyl halides is 3. The number of halogens is 3. The van der Waals surface area contributed by atoms with Crippen molar-refractivity contribution in [3.05, 3.63) is 11.8 Å². The number of rotatable bonds is 35. The van der Waals surface area contributed by atoms with Crippen LogP contribution in [0.25, 0.3) is 0 Å². The average Bonchev–Trinajstić information content (AvgIpc) is 3.84. The van der Waals surface area contributed by atoms with Gasteiger partial charge >= 0.3 is 12.1 Å². The Morgan fingerprint density at radius 2 is 1.32 bits per heavy atom. The lowest BCUT2D eigenvalue weighted by atomic mass is 10.1. The number of aliphatic hydroxyl groups excluding tert-OH is 1. The monoisotopic (exact) mass is 1060 g/mol. The molecule has 31 heteroatoms. The maximum atomic E-state index is 14.0. The molecular weight excluding hydrogens is 988 g/mol. The number of aliphatic carboxylic acids is 1. The number of hydrogen-bond donors (Lipinski definition) is 16. The number of nitrogens with zero attached hydrogens (tertiary/aromatic N) is 3. The van der Waals surface area contributed by atoms with Crippen LogP contribution in [-0.4, -0.2) is 181 Å². The van der Waals surface area contributed by atoms with Gasteiger partial charge < -0.3 is 92.9 Å². The highest BCUT2D eigenvalue weighted by molar-refractivity contribution is 6.40. The van der Waals surface area contributed by atoms with Gasteiger partial charge in [-0.3, -0.25) is 43.3 Å². The third-order valence-corrected chi connectivity index (χ3v) is 11.1. The molecule has 0 aromatic rings. The van der Waals surface area contributed by atoms with Crippen molar-refractivity contribution in [3.8, 4) is 0 Å². The van der Waals surface area contributed by atoms with Crippen LogP contribution in [-0.2, 0) is 43.2 Å². The van der Waals surface area contributed by atoms with E-state index in [1.807, 2.05) is 5.32 Å². The lowest BCUT2D eigenvalue weighted by Gasteiger charge is -2.28. The van der Waals surface area contributed by atoms with Gasteiger partial charge in [0.05, 0.1) is 25.1 Å². The number of aliphatic hydroxyl groups is 1. The van der Waals surface area contributed by atoms with Crippen LogP contribution in [0.1, 0.15) is 89.9 Å². The highest BCUT2D eigenvalue weighted by Crippen LogP contribution is 2.24. The SMILES string of the molecule is NCCCC[C@H](NC(=O)[C@H](CC(F)(F)F)NC(=O)[C@@H]1CCCN1C(=O)C(CCCN)=NC(=O)CNC(=O)[C@H](CCCN)NC(=O)[C@@H](NC(=O)[C@@H](N)CCCCN)[C@@H](O)CN)C(=O)N/C(=C\CCN=C(N)N)C(=O)O. The Balaban J connectivity index is 3.33. The molecule has 1 rings (SSSR count). The number of likely N-dealkylation sites (tertiary alicyclic amines) is 1. The van der Waals surface area contributed by atoms with E-state index in [4.69, 9.17) is 45.9 Å². The number of aliphatic imine (C=N–C) groups is 2. The predicted molar refractivity (Wildman–Crippen MR) is 263 cm³/mol. The van der Waals surface area contributed by atoms with Crippen LogP contribution in [0.4, 0.5) is 13.2 Å². The number of nitrogens with one attached hydrogen (secondary N) is 6. The summed E-state index contributed by atoms with van der Waals surface area (Å²) in [5, 5.41) is 33.5. The summed E-state index contributed by atoms with van der Waals surface area (Å²) in [4.78, 5) is 128. The fourth-order valence-electron chi connectivity index (χ4n) is 7.19. The highest BCUT2D eigenvalue weighted by atomic mass is 19.4. The van der Waals surface area contributed by atoms with Crippen molar-refractivity contribution in [2.45, 2.75) is 138 Å². The van der Waals surface area contributed by atoms with E-state index in [1.54, 1.807) is 0 Å². The first-order valence-corrected chi connectivity index (χ1v) is 24.2. The Kier molecular flexibility index (Phi) is 31.0. The van der Waals surface area contributed by atoms with Gasteiger partial charge in [0.25, 0.3) is 11.8 Å². The summed E-state index contributed by atoms with van der Waals surface area (Å²) >= 11 is 0. The molecule has 28 nitrogen and oxygen atoms in total. The predicted octanol–water partition coefficient (Wildman–Crippen LogP) is -5.92. The zero-order valence-electron chi connectivity index (χ0n) is 41.3. The van der Waals surface area contributed by atoms with E-state index in [2.05, 4.69) is 36.6 Å². The lowest BCUT2D eigenvalue weighted by Crippen LogP contribution is -2.60. The molecule has 1 heterocycles. The molecule has 1 aliphatic rings. The molecule has 0 radical (unpaired) electrons. The minimum absolute atomic E-state index is 0.00298. The van der Waals surface area contributed by atoms with E-state index >= 15 is 0 Å². The summed E-state index contributed by atoms with van der Waals surface area (Å²) in [7, 11) is 0. The van der Waals surface area contributed by atoms with Gasteiger partial charge in [-0.2, -0.15) is 13.2 Å². The fourth-order valence-corrected chi connectivity index (χ4v) is 7.19. The lowest BCUT2D eigenvalue weighted by molar-refractivity contribution is -0.153. The third-order valence-electron chi connectivity index (χ3n) is 11.1. The van der Waals surface area contributed by atoms with E-state index in [9.17, 15) is 66.5 Å². The number of carboxylic acids is 1. The minimum Gasteiger partial charge on any atom is -0.477 e.